The Morgan fingerprint density at radius 2 is 1.82 bits per heavy atom. The van der Waals surface area contributed by atoms with Crippen molar-refractivity contribution in [3.63, 3.8) is 0 Å². The Labute approximate surface area is 211 Å². The molecule has 0 aliphatic heterocycles. The van der Waals surface area contributed by atoms with E-state index in [1.165, 1.54) is 11.1 Å². The van der Waals surface area contributed by atoms with Crippen molar-refractivity contribution in [1.29, 1.82) is 0 Å². The van der Waals surface area contributed by atoms with Gasteiger partial charge in [-0.3, -0.25) is 9.59 Å². The molecule has 0 unspecified atom stereocenters. The summed E-state index contributed by atoms with van der Waals surface area (Å²) in [6.45, 7) is 4.28. The monoisotopic (exact) mass is 506 g/mol. The van der Waals surface area contributed by atoms with Gasteiger partial charge in [-0.25, -0.2) is 0 Å². The number of aryl methyl sites for hydroxylation is 1. The summed E-state index contributed by atoms with van der Waals surface area (Å²) >= 11 is 14.0. The molecular weight excluding hydrogens is 475 g/mol. The summed E-state index contributed by atoms with van der Waals surface area (Å²) < 4.78 is 0. The van der Waals surface area contributed by atoms with Crippen LogP contribution in [0.1, 0.15) is 55.7 Å². The van der Waals surface area contributed by atoms with Gasteiger partial charge in [0.15, 0.2) is 0 Å². The highest BCUT2D eigenvalue weighted by Gasteiger charge is 2.30. The second-order valence-electron chi connectivity index (χ2n) is 8.65. The molecule has 33 heavy (non-hydrogen) atoms. The minimum absolute atomic E-state index is 0.0634. The molecule has 178 valence electrons. The lowest BCUT2D eigenvalue weighted by Crippen LogP contribution is -2.51. The van der Waals surface area contributed by atoms with Crippen molar-refractivity contribution < 1.29 is 9.59 Å². The first-order valence-electron chi connectivity index (χ1n) is 11.5. The topological polar surface area (TPSA) is 49.4 Å². The van der Waals surface area contributed by atoms with Gasteiger partial charge < -0.3 is 10.2 Å². The van der Waals surface area contributed by atoms with Gasteiger partial charge in [0.25, 0.3) is 0 Å². The summed E-state index contributed by atoms with van der Waals surface area (Å²) in [5.74, 6) is 0.900. The highest BCUT2D eigenvalue weighted by molar-refractivity contribution is 7.99. The molecule has 7 heteroatoms. The van der Waals surface area contributed by atoms with Crippen molar-refractivity contribution in [2.45, 2.75) is 70.3 Å². The van der Waals surface area contributed by atoms with E-state index in [-0.39, 0.29) is 24.4 Å². The molecule has 0 aromatic heterocycles. The number of carbonyl (C=O) groups excluding carboxylic acids is 2. The van der Waals surface area contributed by atoms with Crippen LogP contribution in [0.5, 0.6) is 0 Å². The van der Waals surface area contributed by atoms with Gasteiger partial charge >= 0.3 is 0 Å². The molecular formula is C26H32Cl2N2O2S. The molecule has 3 rings (SSSR count). The van der Waals surface area contributed by atoms with E-state index < -0.39 is 6.04 Å². The van der Waals surface area contributed by atoms with E-state index in [2.05, 4.69) is 36.5 Å². The maximum atomic E-state index is 13.4. The molecule has 1 aliphatic rings. The number of nitrogens with one attached hydrogen (secondary N) is 1. The molecule has 1 atom stereocenters. The summed E-state index contributed by atoms with van der Waals surface area (Å²) in [4.78, 5) is 28.2. The second kappa shape index (κ2) is 12.7. The molecule has 2 aromatic carbocycles. The average Bonchev–Trinajstić information content (AvgIpc) is 3.29. The summed E-state index contributed by atoms with van der Waals surface area (Å²) in [5, 5.41) is 4.21. The Bertz CT molecular complexity index is 946. The normalized spacial score (nSPS) is 14.8. The molecule has 2 aromatic rings. The van der Waals surface area contributed by atoms with Gasteiger partial charge in [0.05, 0.1) is 5.75 Å². The van der Waals surface area contributed by atoms with Crippen LogP contribution >= 0.6 is 35.0 Å². The first-order chi connectivity index (χ1) is 15.9. The van der Waals surface area contributed by atoms with Crippen molar-refractivity contribution >= 4 is 46.8 Å². The smallest absolute Gasteiger partial charge is 0.243 e. The van der Waals surface area contributed by atoms with Crippen LogP contribution in [0.25, 0.3) is 0 Å². The highest BCUT2D eigenvalue weighted by atomic mass is 35.5. The number of thioether (sulfide) groups is 1. The van der Waals surface area contributed by atoms with Gasteiger partial charge in [-0.15, -0.1) is 11.8 Å². The zero-order chi connectivity index (χ0) is 23.8. The van der Waals surface area contributed by atoms with Crippen molar-refractivity contribution in [3.05, 3.63) is 69.2 Å². The van der Waals surface area contributed by atoms with Crippen molar-refractivity contribution in [2.24, 2.45) is 0 Å². The predicted octanol–water partition coefficient (Wildman–Crippen LogP) is 6.40. The van der Waals surface area contributed by atoms with Crippen molar-refractivity contribution in [2.75, 3.05) is 5.75 Å². The fourth-order valence-corrected chi connectivity index (χ4v) is 5.48. The molecule has 2 amide bonds. The summed E-state index contributed by atoms with van der Waals surface area (Å²) in [6, 6.07) is 13.3. The van der Waals surface area contributed by atoms with Gasteiger partial charge in [0.1, 0.15) is 6.04 Å². The SMILES string of the molecule is CC[C@@H](C(=O)NC1CCCC1)N(Cc1ccc(Cl)cc1Cl)C(=O)CSCc1ccc(C)cc1. The van der Waals surface area contributed by atoms with Gasteiger partial charge in [0, 0.05) is 28.4 Å². The number of carbonyl (C=O) groups is 2. The van der Waals surface area contributed by atoms with Gasteiger partial charge in [-0.2, -0.15) is 0 Å². The highest BCUT2D eigenvalue weighted by Crippen LogP contribution is 2.25. The Balaban J connectivity index is 1.72. The number of rotatable bonds is 10. The zero-order valence-electron chi connectivity index (χ0n) is 19.3. The lowest BCUT2D eigenvalue weighted by molar-refractivity contribution is -0.139. The fourth-order valence-electron chi connectivity index (χ4n) is 4.14. The van der Waals surface area contributed by atoms with E-state index in [4.69, 9.17) is 23.2 Å². The van der Waals surface area contributed by atoms with Crippen LogP contribution in [0, 0.1) is 6.92 Å². The quantitative estimate of drug-likeness (QED) is 0.405. The minimum atomic E-state index is -0.537. The van der Waals surface area contributed by atoms with Crippen LogP contribution in [-0.2, 0) is 21.9 Å². The van der Waals surface area contributed by atoms with Crippen molar-refractivity contribution in [1.82, 2.24) is 10.2 Å². The Morgan fingerprint density at radius 3 is 2.45 bits per heavy atom. The van der Waals surface area contributed by atoms with E-state index >= 15 is 0 Å². The summed E-state index contributed by atoms with van der Waals surface area (Å²) in [6.07, 6.45) is 4.83. The molecule has 0 spiro atoms. The van der Waals surface area contributed by atoms with Gasteiger partial charge in [-0.1, -0.05) is 78.9 Å². The number of amides is 2. The molecule has 1 fully saturated rings. The first-order valence-corrected chi connectivity index (χ1v) is 13.5. The number of hydrogen-bond donors (Lipinski definition) is 1. The number of hydrogen-bond acceptors (Lipinski definition) is 3. The van der Waals surface area contributed by atoms with Crippen LogP contribution in [0.3, 0.4) is 0 Å². The third kappa shape index (κ3) is 7.66. The van der Waals surface area contributed by atoms with E-state index in [0.717, 1.165) is 37.0 Å². The molecule has 1 N–H and O–H groups in total. The minimum Gasteiger partial charge on any atom is -0.352 e. The van der Waals surface area contributed by atoms with E-state index in [1.807, 2.05) is 13.0 Å². The Kier molecular flexibility index (Phi) is 9.96. The van der Waals surface area contributed by atoms with E-state index in [0.29, 0.717) is 22.2 Å². The molecule has 0 heterocycles. The lowest BCUT2D eigenvalue weighted by Gasteiger charge is -2.31. The first kappa shape index (κ1) is 25.9. The molecule has 0 saturated heterocycles. The lowest BCUT2D eigenvalue weighted by atomic mass is 10.1. The molecule has 0 bridgehead atoms. The van der Waals surface area contributed by atoms with Gasteiger partial charge in [-0.05, 0) is 49.4 Å². The molecule has 0 radical (unpaired) electrons. The number of benzene rings is 2. The maximum Gasteiger partial charge on any atom is 0.243 e. The third-order valence-electron chi connectivity index (χ3n) is 6.06. The summed E-state index contributed by atoms with van der Waals surface area (Å²) in [7, 11) is 0. The largest absolute Gasteiger partial charge is 0.352 e. The number of halogens is 2. The van der Waals surface area contributed by atoms with Crippen LogP contribution in [-0.4, -0.2) is 34.6 Å². The zero-order valence-corrected chi connectivity index (χ0v) is 21.6. The Morgan fingerprint density at radius 1 is 1.12 bits per heavy atom. The molecule has 4 nitrogen and oxygen atoms in total. The third-order valence-corrected chi connectivity index (χ3v) is 7.63. The average molecular weight is 508 g/mol. The maximum absolute atomic E-state index is 13.4. The van der Waals surface area contributed by atoms with Crippen LogP contribution in [0.15, 0.2) is 42.5 Å². The van der Waals surface area contributed by atoms with Crippen LogP contribution < -0.4 is 5.32 Å². The molecule has 1 aliphatic carbocycles. The fraction of sp³-hybridized carbons (Fsp3) is 0.462. The second-order valence-corrected chi connectivity index (χ2v) is 10.5. The summed E-state index contributed by atoms with van der Waals surface area (Å²) in [5.41, 5.74) is 3.17. The van der Waals surface area contributed by atoms with Gasteiger partial charge in [0.2, 0.25) is 11.8 Å². The van der Waals surface area contributed by atoms with Crippen molar-refractivity contribution in [3.8, 4) is 0 Å². The van der Waals surface area contributed by atoms with Crippen LogP contribution in [0.2, 0.25) is 10.0 Å². The Hall–Kier alpha value is -1.69. The van der Waals surface area contributed by atoms with E-state index in [9.17, 15) is 9.59 Å². The molecule has 1 saturated carbocycles. The van der Waals surface area contributed by atoms with E-state index in [1.54, 1.807) is 28.8 Å². The predicted molar refractivity (Wildman–Crippen MR) is 139 cm³/mol. The standard InChI is InChI=1S/C26H32Cl2N2O2S/c1-3-24(26(32)29-22-6-4-5-7-22)30(15-20-12-13-21(27)14-23(20)28)25(31)17-33-16-19-10-8-18(2)9-11-19/h8-14,22,24H,3-7,15-17H2,1-2H3,(H,29,32)/t24-/m0/s1. The van der Waals surface area contributed by atoms with Crippen LogP contribution in [0.4, 0.5) is 0 Å². The number of nitrogens with zero attached hydrogens (tertiary/aromatic N) is 1.